The first kappa shape index (κ1) is 39.1. The molecule has 254 valence electrons. The number of aliphatic hydroxyl groups is 2. The maximum absolute atomic E-state index is 12.1. The van der Waals surface area contributed by atoms with Crippen molar-refractivity contribution in [3.63, 3.8) is 0 Å². The first-order valence-electron chi connectivity index (χ1n) is 18.6. The Balaban J connectivity index is 1.47. The number of aliphatic hydroxyl groups excluding tert-OH is 2. The average molecular weight is 635 g/mol. The van der Waals surface area contributed by atoms with Crippen LogP contribution in [0.2, 0.25) is 0 Å². The van der Waals surface area contributed by atoms with Crippen LogP contribution in [-0.2, 0) is 9.53 Å². The molecule has 0 radical (unpaired) electrons. The lowest BCUT2D eigenvalue weighted by molar-refractivity contribution is -0.142. The highest BCUT2D eigenvalue weighted by Crippen LogP contribution is 2.48. The van der Waals surface area contributed by atoms with E-state index in [1.807, 2.05) is 6.08 Å². The SMILES string of the molecule is CCCCCCCCCCCCCC/C=C/COC(=O)CCC/C=C\C[C@@H]1[C@@H](/C=C/C[C@H](O)C2(CC)CCC2)[C@H](O)C[C@H]1Cl. The Bertz CT molecular complexity index is 811. The number of unbranched alkanes of at least 4 members (excludes halogenated alkanes) is 13. The molecule has 0 aliphatic heterocycles. The van der Waals surface area contributed by atoms with Gasteiger partial charge in [0.1, 0.15) is 6.61 Å². The number of carbonyl (C=O) groups is 1. The zero-order valence-corrected chi connectivity index (χ0v) is 29.2. The van der Waals surface area contributed by atoms with E-state index < -0.39 is 6.10 Å². The maximum atomic E-state index is 12.1. The molecule has 2 aliphatic rings. The normalized spacial score (nSPS) is 24.0. The molecule has 2 rings (SSSR count). The van der Waals surface area contributed by atoms with Crippen LogP contribution in [0.4, 0.5) is 0 Å². The molecule has 2 aliphatic carbocycles. The molecule has 5 atom stereocenters. The number of esters is 1. The molecule has 2 N–H and O–H groups in total. The van der Waals surface area contributed by atoms with Crippen molar-refractivity contribution in [2.75, 3.05) is 6.61 Å². The van der Waals surface area contributed by atoms with Crippen molar-refractivity contribution < 1.29 is 19.7 Å². The standard InChI is InChI=1S/C39H67ClO4/c1-3-5-6-7-8-9-10-11-12-13-14-15-16-19-22-31-44-38(43)28-21-18-17-20-25-33-34(36(41)32-35(33)40)26-23-27-37(42)39(4-2)29-24-30-39/h17,19-20,22-23,26,33-37,41-42H,3-16,18,21,24-25,27-32H2,1-2H3/b20-17-,22-19+,26-23+/t33-,34-,35-,36-,37+/m1/s1. The monoisotopic (exact) mass is 634 g/mol. The summed E-state index contributed by atoms with van der Waals surface area (Å²) in [7, 11) is 0. The van der Waals surface area contributed by atoms with Gasteiger partial charge in [-0.25, -0.2) is 0 Å². The van der Waals surface area contributed by atoms with Crippen LogP contribution in [0.1, 0.15) is 162 Å². The first-order chi connectivity index (χ1) is 21.4. The van der Waals surface area contributed by atoms with Crippen molar-refractivity contribution >= 4 is 17.6 Å². The van der Waals surface area contributed by atoms with Gasteiger partial charge in [-0.2, -0.15) is 0 Å². The Morgan fingerprint density at radius 1 is 0.864 bits per heavy atom. The van der Waals surface area contributed by atoms with Gasteiger partial charge in [0.15, 0.2) is 0 Å². The predicted molar refractivity (Wildman–Crippen MR) is 187 cm³/mol. The van der Waals surface area contributed by atoms with Gasteiger partial charge < -0.3 is 14.9 Å². The number of hydrogen-bond donors (Lipinski definition) is 2. The minimum absolute atomic E-state index is 0.0241. The van der Waals surface area contributed by atoms with E-state index in [1.54, 1.807) is 0 Å². The molecule has 0 unspecified atom stereocenters. The van der Waals surface area contributed by atoms with E-state index in [0.717, 1.165) is 44.9 Å². The Labute approximate surface area is 276 Å². The van der Waals surface area contributed by atoms with Crippen molar-refractivity contribution in [1.29, 1.82) is 0 Å². The van der Waals surface area contributed by atoms with Crippen LogP contribution >= 0.6 is 11.6 Å². The number of carbonyl (C=O) groups excluding carboxylic acids is 1. The molecule has 2 fully saturated rings. The highest BCUT2D eigenvalue weighted by molar-refractivity contribution is 6.21. The topological polar surface area (TPSA) is 66.8 Å². The Kier molecular flexibility index (Phi) is 21.4. The Morgan fingerprint density at radius 3 is 2.09 bits per heavy atom. The van der Waals surface area contributed by atoms with Crippen molar-refractivity contribution in [3.05, 3.63) is 36.5 Å². The summed E-state index contributed by atoms with van der Waals surface area (Å²) < 4.78 is 5.36. The molecule has 0 bridgehead atoms. The molecule has 0 saturated heterocycles. The van der Waals surface area contributed by atoms with E-state index in [-0.39, 0.29) is 34.7 Å². The van der Waals surface area contributed by atoms with E-state index >= 15 is 0 Å². The fourth-order valence-electron chi connectivity index (χ4n) is 7.07. The molecule has 0 aromatic rings. The zero-order chi connectivity index (χ0) is 31.9. The first-order valence-corrected chi connectivity index (χ1v) is 19.0. The van der Waals surface area contributed by atoms with Gasteiger partial charge in [0.05, 0.1) is 12.2 Å². The lowest BCUT2D eigenvalue weighted by atomic mass is 9.63. The average Bonchev–Trinajstić information content (AvgIpc) is 3.25. The number of alkyl halides is 1. The molecule has 0 amide bonds. The van der Waals surface area contributed by atoms with Crippen LogP contribution in [0.15, 0.2) is 36.5 Å². The molecule has 0 aromatic carbocycles. The van der Waals surface area contributed by atoms with E-state index in [0.29, 0.717) is 25.9 Å². The fourth-order valence-corrected chi connectivity index (χ4v) is 7.52. The molecular weight excluding hydrogens is 568 g/mol. The molecule has 4 nitrogen and oxygen atoms in total. The van der Waals surface area contributed by atoms with Crippen molar-refractivity contribution in [2.45, 2.75) is 179 Å². The second kappa shape index (κ2) is 24.1. The van der Waals surface area contributed by atoms with E-state index in [1.165, 1.54) is 83.5 Å². The summed E-state index contributed by atoms with van der Waals surface area (Å²) in [5.41, 5.74) is 0.102. The van der Waals surface area contributed by atoms with Gasteiger partial charge >= 0.3 is 5.97 Å². The van der Waals surface area contributed by atoms with E-state index in [9.17, 15) is 15.0 Å². The third-order valence-corrected chi connectivity index (χ3v) is 10.9. The summed E-state index contributed by atoms with van der Waals surface area (Å²) in [6.45, 7) is 4.83. The summed E-state index contributed by atoms with van der Waals surface area (Å²) in [5.74, 6) is 0.0789. The number of hydrogen-bond acceptors (Lipinski definition) is 4. The largest absolute Gasteiger partial charge is 0.461 e. The molecule has 0 aromatic heterocycles. The third kappa shape index (κ3) is 15.5. The van der Waals surface area contributed by atoms with Gasteiger partial charge in [-0.15, -0.1) is 11.6 Å². The molecule has 0 spiro atoms. The smallest absolute Gasteiger partial charge is 0.306 e. The van der Waals surface area contributed by atoms with Gasteiger partial charge in [0.2, 0.25) is 0 Å². The van der Waals surface area contributed by atoms with Crippen molar-refractivity contribution in [1.82, 2.24) is 0 Å². The summed E-state index contributed by atoms with van der Waals surface area (Å²) in [4.78, 5) is 12.1. The van der Waals surface area contributed by atoms with Crippen LogP contribution in [-0.4, -0.2) is 40.4 Å². The molecular formula is C39H67ClO4. The highest BCUT2D eigenvalue weighted by Gasteiger charge is 2.42. The lowest BCUT2D eigenvalue weighted by Crippen LogP contribution is -2.40. The van der Waals surface area contributed by atoms with Crippen LogP contribution < -0.4 is 0 Å². The fraction of sp³-hybridized carbons (Fsp3) is 0.821. The minimum atomic E-state index is -0.429. The molecule has 0 heterocycles. The summed E-state index contributed by atoms with van der Waals surface area (Å²) >= 11 is 6.61. The summed E-state index contributed by atoms with van der Waals surface area (Å²) in [5, 5.41) is 21.2. The van der Waals surface area contributed by atoms with E-state index in [4.69, 9.17) is 16.3 Å². The number of rotatable bonds is 26. The zero-order valence-electron chi connectivity index (χ0n) is 28.4. The number of allylic oxidation sites excluding steroid dienone is 3. The van der Waals surface area contributed by atoms with Crippen molar-refractivity contribution in [3.8, 4) is 0 Å². The number of halogens is 1. The molecule has 5 heteroatoms. The second-order valence-corrected chi connectivity index (χ2v) is 14.3. The van der Waals surface area contributed by atoms with Crippen molar-refractivity contribution in [2.24, 2.45) is 17.3 Å². The van der Waals surface area contributed by atoms with Gasteiger partial charge in [-0.3, -0.25) is 4.79 Å². The Morgan fingerprint density at radius 2 is 1.48 bits per heavy atom. The van der Waals surface area contributed by atoms with E-state index in [2.05, 4.69) is 44.2 Å². The molecule has 44 heavy (non-hydrogen) atoms. The van der Waals surface area contributed by atoms with Gasteiger partial charge in [0, 0.05) is 17.7 Å². The van der Waals surface area contributed by atoms with Gasteiger partial charge in [0.25, 0.3) is 0 Å². The highest BCUT2D eigenvalue weighted by atomic mass is 35.5. The van der Waals surface area contributed by atoms with Crippen LogP contribution in [0.5, 0.6) is 0 Å². The van der Waals surface area contributed by atoms with Crippen LogP contribution in [0.25, 0.3) is 0 Å². The lowest BCUT2D eigenvalue weighted by Gasteiger charge is -2.45. The number of ether oxygens (including phenoxy) is 1. The predicted octanol–water partition coefficient (Wildman–Crippen LogP) is 10.8. The second-order valence-electron chi connectivity index (χ2n) is 13.7. The Hall–Kier alpha value is -1.10. The maximum Gasteiger partial charge on any atom is 0.306 e. The third-order valence-electron chi connectivity index (χ3n) is 10.4. The van der Waals surface area contributed by atoms with Crippen LogP contribution in [0, 0.1) is 17.3 Å². The minimum Gasteiger partial charge on any atom is -0.461 e. The van der Waals surface area contributed by atoms with Gasteiger partial charge in [-0.1, -0.05) is 127 Å². The summed E-state index contributed by atoms with van der Waals surface area (Å²) in [6.07, 6.45) is 37.9. The summed E-state index contributed by atoms with van der Waals surface area (Å²) in [6, 6.07) is 0. The molecule has 2 saturated carbocycles. The quantitative estimate of drug-likeness (QED) is 0.0430. The van der Waals surface area contributed by atoms with Gasteiger partial charge in [-0.05, 0) is 75.5 Å². The van der Waals surface area contributed by atoms with Crippen LogP contribution in [0.3, 0.4) is 0 Å².